The molecule has 2 aromatic carbocycles. The monoisotopic (exact) mass is 331 g/mol. The molecule has 0 spiro atoms. The van der Waals surface area contributed by atoms with Crippen molar-refractivity contribution in [3.8, 4) is 5.75 Å². The topological polar surface area (TPSA) is 61.6 Å². The SMILES string of the molecule is Cc1ccccc1CSCc1cc([N+](=O)[O-])cc2c1OCOC2. The zero-order valence-corrected chi connectivity index (χ0v) is 13.6. The largest absolute Gasteiger partial charge is 0.467 e. The Kier molecular flexibility index (Phi) is 4.83. The van der Waals surface area contributed by atoms with Gasteiger partial charge in [-0.05, 0) is 18.1 Å². The second-order valence-corrected chi connectivity index (χ2v) is 6.37. The van der Waals surface area contributed by atoms with Crippen molar-refractivity contribution in [2.45, 2.75) is 25.0 Å². The summed E-state index contributed by atoms with van der Waals surface area (Å²) < 4.78 is 10.8. The summed E-state index contributed by atoms with van der Waals surface area (Å²) in [5, 5.41) is 11.1. The molecule has 0 atom stereocenters. The second-order valence-electron chi connectivity index (χ2n) is 5.38. The lowest BCUT2D eigenvalue weighted by molar-refractivity contribution is -0.385. The lowest BCUT2D eigenvalue weighted by Crippen LogP contribution is -2.13. The van der Waals surface area contributed by atoms with E-state index in [2.05, 4.69) is 19.1 Å². The number of nitrogens with zero attached hydrogens (tertiary/aromatic N) is 1. The van der Waals surface area contributed by atoms with Gasteiger partial charge in [0.05, 0.1) is 11.5 Å². The summed E-state index contributed by atoms with van der Waals surface area (Å²) in [6, 6.07) is 11.4. The van der Waals surface area contributed by atoms with Crippen LogP contribution < -0.4 is 4.74 Å². The van der Waals surface area contributed by atoms with Crippen LogP contribution in [-0.4, -0.2) is 11.7 Å². The van der Waals surface area contributed by atoms with E-state index < -0.39 is 0 Å². The third-order valence-corrected chi connectivity index (χ3v) is 4.79. The Labute approximate surface area is 138 Å². The number of hydrogen-bond donors (Lipinski definition) is 0. The normalized spacial score (nSPS) is 13.3. The minimum Gasteiger partial charge on any atom is -0.467 e. The number of nitro groups is 1. The number of ether oxygens (including phenoxy) is 2. The molecule has 1 aliphatic rings. The van der Waals surface area contributed by atoms with Gasteiger partial charge >= 0.3 is 0 Å². The Hall–Kier alpha value is -2.05. The number of nitro benzene ring substituents is 1. The minimum absolute atomic E-state index is 0.0874. The van der Waals surface area contributed by atoms with Crippen LogP contribution in [0, 0.1) is 17.0 Å². The van der Waals surface area contributed by atoms with Gasteiger partial charge in [-0.1, -0.05) is 24.3 Å². The van der Waals surface area contributed by atoms with E-state index in [1.165, 1.54) is 17.2 Å². The summed E-state index contributed by atoms with van der Waals surface area (Å²) in [4.78, 5) is 10.7. The Balaban J connectivity index is 1.77. The van der Waals surface area contributed by atoms with E-state index in [1.807, 2.05) is 12.1 Å². The standard InChI is InChI=1S/C17H17NO4S/c1-12-4-2-3-5-13(12)9-23-10-15-7-16(18(19)20)6-14-8-21-11-22-17(14)15/h2-7H,8-11H2,1H3. The Morgan fingerprint density at radius 1 is 1.22 bits per heavy atom. The van der Waals surface area contributed by atoms with Crippen molar-refractivity contribution in [2.75, 3.05) is 6.79 Å². The van der Waals surface area contributed by atoms with Gasteiger partial charge in [0.25, 0.3) is 5.69 Å². The van der Waals surface area contributed by atoms with Gasteiger partial charge in [-0.25, -0.2) is 0 Å². The molecule has 3 rings (SSSR count). The first-order chi connectivity index (χ1) is 11.1. The van der Waals surface area contributed by atoms with Gasteiger partial charge in [0, 0.05) is 34.8 Å². The predicted octanol–water partition coefficient (Wildman–Crippen LogP) is 4.20. The van der Waals surface area contributed by atoms with E-state index in [9.17, 15) is 10.1 Å². The van der Waals surface area contributed by atoms with Gasteiger partial charge in [0.2, 0.25) is 0 Å². The smallest absolute Gasteiger partial charge is 0.270 e. The highest BCUT2D eigenvalue weighted by Crippen LogP contribution is 2.35. The van der Waals surface area contributed by atoms with Crippen molar-refractivity contribution in [3.05, 3.63) is 68.8 Å². The van der Waals surface area contributed by atoms with Crippen molar-refractivity contribution >= 4 is 17.4 Å². The van der Waals surface area contributed by atoms with Crippen molar-refractivity contribution in [2.24, 2.45) is 0 Å². The zero-order chi connectivity index (χ0) is 16.2. The Bertz CT molecular complexity index is 733. The molecule has 120 valence electrons. The second kappa shape index (κ2) is 7.02. The quantitative estimate of drug-likeness (QED) is 0.607. The van der Waals surface area contributed by atoms with Crippen molar-refractivity contribution < 1.29 is 14.4 Å². The maximum absolute atomic E-state index is 11.1. The van der Waals surface area contributed by atoms with Gasteiger partial charge in [-0.15, -0.1) is 0 Å². The Morgan fingerprint density at radius 2 is 2.00 bits per heavy atom. The predicted molar refractivity (Wildman–Crippen MR) is 89.6 cm³/mol. The van der Waals surface area contributed by atoms with Crippen LogP contribution in [-0.2, 0) is 22.8 Å². The zero-order valence-electron chi connectivity index (χ0n) is 12.8. The molecule has 0 aliphatic carbocycles. The van der Waals surface area contributed by atoms with Crippen molar-refractivity contribution in [3.63, 3.8) is 0 Å². The number of rotatable bonds is 5. The fourth-order valence-electron chi connectivity index (χ4n) is 2.54. The molecule has 6 heteroatoms. The van der Waals surface area contributed by atoms with Crippen LogP contribution in [0.2, 0.25) is 0 Å². The molecule has 0 amide bonds. The molecular weight excluding hydrogens is 314 g/mol. The van der Waals surface area contributed by atoms with Crippen LogP contribution >= 0.6 is 11.8 Å². The molecule has 0 N–H and O–H groups in total. The van der Waals surface area contributed by atoms with Crippen LogP contribution in [0.5, 0.6) is 5.75 Å². The molecule has 0 aromatic heterocycles. The lowest BCUT2D eigenvalue weighted by atomic mass is 10.1. The van der Waals surface area contributed by atoms with Gasteiger partial charge in [0.1, 0.15) is 5.75 Å². The third-order valence-electron chi connectivity index (χ3n) is 3.76. The summed E-state index contributed by atoms with van der Waals surface area (Å²) >= 11 is 1.72. The number of hydrogen-bond acceptors (Lipinski definition) is 5. The van der Waals surface area contributed by atoms with E-state index in [0.717, 1.165) is 22.6 Å². The van der Waals surface area contributed by atoms with Crippen molar-refractivity contribution in [1.29, 1.82) is 0 Å². The van der Waals surface area contributed by atoms with E-state index in [4.69, 9.17) is 9.47 Å². The molecule has 0 fully saturated rings. The van der Waals surface area contributed by atoms with E-state index in [0.29, 0.717) is 12.4 Å². The molecule has 0 unspecified atom stereocenters. The lowest BCUT2D eigenvalue weighted by Gasteiger charge is -2.20. The molecule has 0 radical (unpaired) electrons. The van der Waals surface area contributed by atoms with Crippen LogP contribution in [0.1, 0.15) is 22.3 Å². The summed E-state index contributed by atoms with van der Waals surface area (Å²) in [5.74, 6) is 2.26. The maximum Gasteiger partial charge on any atom is 0.270 e. The fraction of sp³-hybridized carbons (Fsp3) is 0.294. The minimum atomic E-state index is -0.371. The average Bonchev–Trinajstić information content (AvgIpc) is 2.56. The Morgan fingerprint density at radius 3 is 2.78 bits per heavy atom. The van der Waals surface area contributed by atoms with Gasteiger partial charge in [-0.2, -0.15) is 11.8 Å². The molecular formula is C17H17NO4S. The summed E-state index contributed by atoms with van der Waals surface area (Å²) in [5.41, 5.74) is 4.23. The number of thioether (sulfide) groups is 1. The maximum atomic E-state index is 11.1. The van der Waals surface area contributed by atoms with E-state index in [-0.39, 0.29) is 17.4 Å². The summed E-state index contributed by atoms with van der Waals surface area (Å²) in [6.45, 7) is 2.64. The van der Waals surface area contributed by atoms with Crippen LogP contribution in [0.3, 0.4) is 0 Å². The van der Waals surface area contributed by atoms with Gasteiger partial charge in [-0.3, -0.25) is 10.1 Å². The number of aryl methyl sites for hydroxylation is 1. The van der Waals surface area contributed by atoms with E-state index >= 15 is 0 Å². The summed E-state index contributed by atoms with van der Waals surface area (Å²) in [6.07, 6.45) is 0. The highest BCUT2D eigenvalue weighted by atomic mass is 32.2. The number of fused-ring (bicyclic) bond motifs is 1. The van der Waals surface area contributed by atoms with Gasteiger partial charge < -0.3 is 9.47 Å². The molecule has 5 nitrogen and oxygen atoms in total. The number of non-ortho nitro benzene ring substituents is 1. The highest BCUT2D eigenvalue weighted by Gasteiger charge is 2.20. The van der Waals surface area contributed by atoms with Crippen molar-refractivity contribution in [1.82, 2.24) is 0 Å². The first-order valence-electron chi connectivity index (χ1n) is 7.28. The van der Waals surface area contributed by atoms with Crippen LogP contribution in [0.25, 0.3) is 0 Å². The molecule has 2 aromatic rings. The first kappa shape index (κ1) is 15.8. The van der Waals surface area contributed by atoms with Gasteiger partial charge in [0.15, 0.2) is 6.79 Å². The molecule has 0 saturated heterocycles. The van der Waals surface area contributed by atoms with E-state index in [1.54, 1.807) is 17.8 Å². The van der Waals surface area contributed by atoms with Crippen LogP contribution in [0.15, 0.2) is 36.4 Å². The molecule has 0 bridgehead atoms. The first-order valence-corrected chi connectivity index (χ1v) is 8.43. The molecule has 0 saturated carbocycles. The molecule has 1 aliphatic heterocycles. The fourth-order valence-corrected chi connectivity index (χ4v) is 3.62. The summed E-state index contributed by atoms with van der Waals surface area (Å²) in [7, 11) is 0. The average molecular weight is 331 g/mol. The number of benzene rings is 2. The highest BCUT2D eigenvalue weighted by molar-refractivity contribution is 7.97. The molecule has 23 heavy (non-hydrogen) atoms. The molecule has 1 heterocycles. The third kappa shape index (κ3) is 3.65. The van der Waals surface area contributed by atoms with Crippen LogP contribution in [0.4, 0.5) is 5.69 Å².